The molecule has 0 saturated heterocycles. The van der Waals surface area contributed by atoms with Crippen LogP contribution in [0.2, 0.25) is 0 Å². The highest BCUT2D eigenvalue weighted by molar-refractivity contribution is 14.2. The molecule has 1 fully saturated rings. The van der Waals surface area contributed by atoms with E-state index in [-0.39, 0.29) is 6.61 Å². The van der Waals surface area contributed by atoms with Gasteiger partial charge in [0.1, 0.15) is 18.1 Å². The van der Waals surface area contributed by atoms with Crippen molar-refractivity contribution in [3.8, 4) is 17.1 Å². The zero-order valence-corrected chi connectivity index (χ0v) is 25.5. The van der Waals surface area contributed by atoms with Gasteiger partial charge in [-0.2, -0.15) is 0 Å². The number of nitrogens with zero attached hydrogens (tertiary/aromatic N) is 3. The average molecular weight is 683 g/mol. The Labute approximate surface area is 253 Å². The maximum Gasteiger partial charge on any atom is 0.415 e. The summed E-state index contributed by atoms with van der Waals surface area (Å²) >= 11 is 0.675. The lowest BCUT2D eigenvalue weighted by Gasteiger charge is -2.23. The molecular formula is C31H31IN4O4S. The molecule has 2 aromatic heterocycles. The summed E-state index contributed by atoms with van der Waals surface area (Å²) in [6, 6.07) is 19.8. The van der Waals surface area contributed by atoms with Gasteiger partial charge in [0.05, 0.1) is 21.6 Å². The van der Waals surface area contributed by atoms with E-state index in [1.807, 2.05) is 72.1 Å². The number of hydrogen-bond acceptors (Lipinski definition) is 7. The highest BCUT2D eigenvalue weighted by Gasteiger charge is 2.25. The topological polar surface area (TPSA) is 93.7 Å². The fourth-order valence-electron chi connectivity index (χ4n) is 4.63. The minimum Gasteiger partial charge on any atom is -0.492 e. The van der Waals surface area contributed by atoms with Crippen LogP contribution < -0.4 is 15.0 Å². The van der Waals surface area contributed by atoms with E-state index in [0.717, 1.165) is 14.9 Å². The molecule has 0 radical (unpaired) electrons. The summed E-state index contributed by atoms with van der Waals surface area (Å²) in [6.45, 7) is 0.734. The van der Waals surface area contributed by atoms with E-state index in [1.54, 1.807) is 6.20 Å². The van der Waals surface area contributed by atoms with Crippen LogP contribution in [0.5, 0.6) is 5.75 Å². The van der Waals surface area contributed by atoms with Crippen LogP contribution in [0.1, 0.15) is 37.7 Å². The Morgan fingerprint density at radius 1 is 1.02 bits per heavy atom. The second kappa shape index (κ2) is 14.3. The molecule has 1 saturated carbocycles. The lowest BCUT2D eigenvalue weighted by Crippen LogP contribution is -2.40. The van der Waals surface area contributed by atoms with Crippen LogP contribution in [0.15, 0.2) is 78.3 Å². The highest BCUT2D eigenvalue weighted by Crippen LogP contribution is 2.36. The van der Waals surface area contributed by atoms with Crippen LogP contribution in [0, 0.1) is 9.49 Å². The molecule has 4 aromatic rings. The lowest BCUT2D eigenvalue weighted by molar-refractivity contribution is 0.141. The number of amides is 3. The number of rotatable bonds is 9. The Hall–Kier alpha value is -3.64. The normalized spacial score (nSPS) is 13.4. The fourth-order valence-corrected chi connectivity index (χ4v) is 6.71. The van der Waals surface area contributed by atoms with E-state index in [9.17, 15) is 9.59 Å². The largest absolute Gasteiger partial charge is 0.492 e. The smallest absolute Gasteiger partial charge is 0.415 e. The lowest BCUT2D eigenvalue weighted by atomic mass is 9.90. The first-order chi connectivity index (χ1) is 20.1. The molecule has 212 valence electrons. The number of pyridine rings is 1. The number of anilines is 2. The number of urea groups is 1. The van der Waals surface area contributed by atoms with Gasteiger partial charge in [0.25, 0.3) is 0 Å². The number of ether oxygens (including phenoxy) is 2. The first-order valence-electron chi connectivity index (χ1n) is 13.4. The van der Waals surface area contributed by atoms with E-state index in [0.29, 0.717) is 34.7 Å². The number of benzene rings is 2. The summed E-state index contributed by atoms with van der Waals surface area (Å²) < 4.78 is 16.7. The molecule has 41 heavy (non-hydrogen) atoms. The van der Waals surface area contributed by atoms with Gasteiger partial charge < -0.3 is 9.47 Å². The molecule has 2 aromatic carbocycles. The Kier molecular flexibility index (Phi) is 10.1. The number of carbonyl (C=O) groups excluding carboxylic acids is 2. The number of thiazole rings is 1. The predicted molar refractivity (Wildman–Crippen MR) is 171 cm³/mol. The van der Waals surface area contributed by atoms with Gasteiger partial charge in [0, 0.05) is 11.6 Å². The second-order valence-electron chi connectivity index (χ2n) is 9.62. The summed E-state index contributed by atoms with van der Waals surface area (Å²) in [5.74, 6) is 1.38. The summed E-state index contributed by atoms with van der Waals surface area (Å²) in [4.78, 5) is 36.6. The Bertz CT molecular complexity index is 1480. The SMILES string of the molecule is C=Ic1cc(N(C(=O)NC(=O)OCc2ccccc2)c2nc(-c3ccccn3)cs2)ccc1OCC1CCCCC1. The Morgan fingerprint density at radius 3 is 2.59 bits per heavy atom. The summed E-state index contributed by atoms with van der Waals surface area (Å²) in [5.41, 5.74) is 2.70. The van der Waals surface area contributed by atoms with Crippen molar-refractivity contribution in [2.24, 2.45) is 5.92 Å². The third-order valence-electron chi connectivity index (χ3n) is 6.75. The first kappa shape index (κ1) is 28.9. The Balaban J connectivity index is 1.38. The molecule has 3 amide bonds. The maximum absolute atomic E-state index is 13.6. The van der Waals surface area contributed by atoms with Crippen LogP contribution in [-0.2, 0) is 11.3 Å². The fraction of sp³-hybridized carbons (Fsp3) is 0.258. The second-order valence-corrected chi connectivity index (χ2v) is 12.4. The van der Waals surface area contributed by atoms with Gasteiger partial charge in [-0.1, -0.05) is 80.9 Å². The molecule has 0 bridgehead atoms. The summed E-state index contributed by atoms with van der Waals surface area (Å²) in [5, 5.41) is 4.58. The minimum atomic E-state index is -0.845. The number of carbonyl (C=O) groups is 2. The van der Waals surface area contributed by atoms with E-state index in [2.05, 4.69) is 19.8 Å². The Morgan fingerprint density at radius 2 is 1.83 bits per heavy atom. The van der Waals surface area contributed by atoms with Gasteiger partial charge in [-0.05, 0) is 54.7 Å². The molecule has 2 heterocycles. The number of nitrogens with one attached hydrogen (secondary N) is 1. The van der Waals surface area contributed by atoms with E-state index >= 15 is 0 Å². The average Bonchev–Trinajstić information content (AvgIpc) is 3.50. The molecule has 1 N–H and O–H groups in total. The monoisotopic (exact) mass is 682 g/mol. The zero-order valence-electron chi connectivity index (χ0n) is 22.5. The highest BCUT2D eigenvalue weighted by atomic mass is 127. The van der Waals surface area contributed by atoms with Gasteiger partial charge in [0.2, 0.25) is 0 Å². The van der Waals surface area contributed by atoms with Crippen molar-refractivity contribution in [2.75, 3.05) is 11.5 Å². The number of alkyl carbamates (subject to hydrolysis) is 1. The molecular weight excluding hydrogens is 651 g/mol. The van der Waals surface area contributed by atoms with Crippen molar-refractivity contribution in [1.82, 2.24) is 15.3 Å². The number of imide groups is 1. The zero-order chi connectivity index (χ0) is 28.4. The quantitative estimate of drug-likeness (QED) is 0.180. The summed E-state index contributed by atoms with van der Waals surface area (Å²) in [6.07, 6.45) is 7.06. The first-order valence-corrected chi connectivity index (χ1v) is 16.9. The number of halogens is 1. The van der Waals surface area contributed by atoms with Crippen LogP contribution >= 0.6 is 32.1 Å². The third-order valence-corrected chi connectivity index (χ3v) is 9.24. The summed E-state index contributed by atoms with van der Waals surface area (Å²) in [7, 11) is 0. The predicted octanol–water partition coefficient (Wildman–Crippen LogP) is 7.92. The van der Waals surface area contributed by atoms with Gasteiger partial charge in [-0.15, -0.1) is 11.3 Å². The number of aromatic nitrogens is 2. The van der Waals surface area contributed by atoms with Crippen molar-refractivity contribution in [3.63, 3.8) is 0 Å². The third kappa shape index (κ3) is 7.76. The molecule has 1 aliphatic carbocycles. The molecule has 0 atom stereocenters. The van der Waals surface area contributed by atoms with Crippen LogP contribution in [0.25, 0.3) is 11.4 Å². The van der Waals surface area contributed by atoms with Crippen molar-refractivity contribution in [1.29, 1.82) is 0 Å². The minimum absolute atomic E-state index is 0.0458. The molecule has 1 aliphatic rings. The number of hydrogen-bond donors (Lipinski definition) is 1. The van der Waals surface area contributed by atoms with Crippen molar-refractivity contribution in [3.05, 3.63) is 87.4 Å². The van der Waals surface area contributed by atoms with E-state index in [1.165, 1.54) is 48.3 Å². The van der Waals surface area contributed by atoms with Crippen LogP contribution in [0.3, 0.4) is 0 Å². The molecule has 10 heteroatoms. The molecule has 0 unspecified atom stereocenters. The van der Waals surface area contributed by atoms with Crippen molar-refractivity contribution >= 4 is 59.5 Å². The molecule has 0 spiro atoms. The van der Waals surface area contributed by atoms with Crippen LogP contribution in [0.4, 0.5) is 20.4 Å². The van der Waals surface area contributed by atoms with Crippen LogP contribution in [-0.4, -0.2) is 33.2 Å². The van der Waals surface area contributed by atoms with Gasteiger partial charge in [-0.25, -0.2) is 24.8 Å². The van der Waals surface area contributed by atoms with Crippen molar-refractivity contribution in [2.45, 2.75) is 38.7 Å². The molecule has 5 rings (SSSR count). The standard InChI is InChI=1S/C31H31IN4O4S/c1-32-25-18-24(15-16-28(25)39-19-22-10-4-2-5-11-22)36(30-34-27(21-41-30)26-14-8-9-17-33-26)29(37)35-31(38)40-20-23-12-6-3-7-13-23/h3,6-9,12-18,21-22H,1-2,4-5,10-11,19-20H2,(H,35,37,38). The van der Waals surface area contributed by atoms with E-state index in [4.69, 9.17) is 9.47 Å². The van der Waals surface area contributed by atoms with E-state index < -0.39 is 32.9 Å². The van der Waals surface area contributed by atoms with Crippen molar-refractivity contribution < 1.29 is 19.1 Å². The molecule has 8 nitrogen and oxygen atoms in total. The van der Waals surface area contributed by atoms with Gasteiger partial charge >= 0.3 is 12.1 Å². The maximum atomic E-state index is 13.6. The van der Waals surface area contributed by atoms with Gasteiger partial charge in [0.15, 0.2) is 5.13 Å². The molecule has 0 aliphatic heterocycles. The van der Waals surface area contributed by atoms with Gasteiger partial charge in [-0.3, -0.25) is 4.98 Å².